The zero-order chi connectivity index (χ0) is 29.0. The van der Waals surface area contributed by atoms with Crippen LogP contribution in [0, 0.1) is 28.9 Å². The van der Waals surface area contributed by atoms with Gasteiger partial charge in [0.15, 0.2) is 5.82 Å². The summed E-state index contributed by atoms with van der Waals surface area (Å²) < 4.78 is 36.7. The summed E-state index contributed by atoms with van der Waals surface area (Å²) >= 11 is 7.68. The summed E-state index contributed by atoms with van der Waals surface area (Å²) in [6.45, 7) is 1.08. The number of aromatic nitrogens is 2. The van der Waals surface area contributed by atoms with Crippen LogP contribution in [-0.2, 0) is 4.79 Å². The van der Waals surface area contributed by atoms with Crippen LogP contribution in [0.15, 0.2) is 18.2 Å². The van der Waals surface area contributed by atoms with Crippen LogP contribution in [-0.4, -0.2) is 65.1 Å². The first-order chi connectivity index (χ1) is 20.3. The number of fused-ring (bicyclic) bond motifs is 4. The number of carbonyl (C=O) groups excluding carboxylic acids is 1. The van der Waals surface area contributed by atoms with Crippen LogP contribution in [0.2, 0.25) is 5.02 Å². The Kier molecular flexibility index (Phi) is 5.61. The number of piperazine rings is 1. The van der Waals surface area contributed by atoms with Gasteiger partial charge in [-0.25, -0.2) is 8.78 Å². The highest BCUT2D eigenvalue weighted by Gasteiger charge is 2.57. The van der Waals surface area contributed by atoms with Crippen LogP contribution in [0.1, 0.15) is 24.8 Å². The number of hydrogen-bond acceptors (Lipinski definition) is 9. The maximum atomic E-state index is 16.5. The van der Waals surface area contributed by atoms with Crippen molar-refractivity contribution >= 4 is 60.7 Å². The number of anilines is 2. The number of methoxy groups -OCH3 is 1. The molecule has 214 valence electrons. The number of carbonyl (C=O) groups is 1. The Hall–Kier alpha value is -3.79. The number of halogens is 3. The standard InChI is InChI=1S/C29H24ClF2N7O2S/c1-41-29-36-23-15(7-17(30)20(21(23)32)14-4-5-18(31)25-19(14)16(8-33)26(34)42-25)27(37-29)38-9-12-6-13(10-38)39(12)28(40)24-22(35-24)11-2-3-11/h4-5,7,11-13,22,24,35H,2-3,6,9-10,34H2,1H3. The van der Waals surface area contributed by atoms with E-state index < -0.39 is 11.6 Å². The lowest BCUT2D eigenvalue weighted by Gasteiger charge is -2.56. The zero-order valence-corrected chi connectivity index (χ0v) is 23.9. The summed E-state index contributed by atoms with van der Waals surface area (Å²) in [7, 11) is 1.41. The van der Waals surface area contributed by atoms with Crippen LogP contribution in [0.3, 0.4) is 0 Å². The van der Waals surface area contributed by atoms with Crippen molar-refractivity contribution in [2.24, 2.45) is 5.92 Å². The Morgan fingerprint density at radius 2 is 2.02 bits per heavy atom. The van der Waals surface area contributed by atoms with E-state index in [1.165, 1.54) is 32.1 Å². The third-order valence-electron chi connectivity index (χ3n) is 8.99. The monoisotopic (exact) mass is 607 g/mol. The van der Waals surface area contributed by atoms with Gasteiger partial charge in [-0.3, -0.25) is 10.1 Å². The highest BCUT2D eigenvalue weighted by molar-refractivity contribution is 7.23. The van der Waals surface area contributed by atoms with Gasteiger partial charge in [-0.1, -0.05) is 17.7 Å². The van der Waals surface area contributed by atoms with Crippen LogP contribution >= 0.6 is 22.9 Å². The number of rotatable bonds is 5. The molecule has 13 heteroatoms. The van der Waals surface area contributed by atoms with E-state index in [-0.39, 0.29) is 72.4 Å². The molecule has 9 rings (SSSR count). The Labute approximate surface area is 247 Å². The first-order valence-electron chi connectivity index (χ1n) is 13.8. The van der Waals surface area contributed by atoms with E-state index >= 15 is 4.39 Å². The summed E-state index contributed by atoms with van der Waals surface area (Å²) in [4.78, 5) is 26.1. The van der Waals surface area contributed by atoms with Gasteiger partial charge in [-0.05, 0) is 42.9 Å². The van der Waals surface area contributed by atoms with Gasteiger partial charge in [0, 0.05) is 35.5 Å². The van der Waals surface area contributed by atoms with E-state index in [4.69, 9.17) is 22.1 Å². The van der Waals surface area contributed by atoms with Crippen molar-refractivity contribution in [1.29, 1.82) is 5.26 Å². The molecule has 2 aromatic carbocycles. The van der Waals surface area contributed by atoms with E-state index in [0.29, 0.717) is 36.3 Å². The molecular formula is C29H24ClF2N7O2S. The lowest BCUT2D eigenvalue weighted by molar-refractivity contribution is -0.145. The normalized spacial score (nSPS) is 24.5. The number of thiophene rings is 1. The molecule has 4 aliphatic heterocycles. The number of nitrogens with one attached hydrogen (secondary N) is 1. The third kappa shape index (κ3) is 3.70. The SMILES string of the molecule is COc1nc(N2CC3CC(C2)N3C(=O)C2NC2C2CC2)c2cc(Cl)c(-c3ccc(F)c4sc(N)c(C#N)c34)c(F)c2n1. The van der Waals surface area contributed by atoms with Gasteiger partial charge in [-0.15, -0.1) is 11.3 Å². The van der Waals surface area contributed by atoms with E-state index in [2.05, 4.69) is 15.3 Å². The van der Waals surface area contributed by atoms with Crippen molar-refractivity contribution < 1.29 is 18.3 Å². The zero-order valence-electron chi connectivity index (χ0n) is 22.3. The fourth-order valence-electron chi connectivity index (χ4n) is 6.79. The van der Waals surface area contributed by atoms with Crippen molar-refractivity contribution in [3.05, 3.63) is 40.4 Å². The van der Waals surface area contributed by atoms with Crippen LogP contribution in [0.25, 0.3) is 32.1 Å². The Morgan fingerprint density at radius 3 is 2.71 bits per heavy atom. The van der Waals surface area contributed by atoms with Gasteiger partial charge in [0.2, 0.25) is 5.91 Å². The minimum atomic E-state index is -0.745. The van der Waals surface area contributed by atoms with Crippen molar-refractivity contribution in [3.8, 4) is 23.2 Å². The van der Waals surface area contributed by atoms with Gasteiger partial charge in [0.25, 0.3) is 0 Å². The number of nitriles is 1. The number of amides is 1. The predicted molar refractivity (Wildman–Crippen MR) is 156 cm³/mol. The highest BCUT2D eigenvalue weighted by Crippen LogP contribution is 2.47. The minimum Gasteiger partial charge on any atom is -0.467 e. The van der Waals surface area contributed by atoms with Gasteiger partial charge < -0.3 is 20.3 Å². The quantitative estimate of drug-likeness (QED) is 0.318. The Bertz CT molecular complexity index is 1880. The van der Waals surface area contributed by atoms with Crippen molar-refractivity contribution in [2.45, 2.75) is 43.4 Å². The number of hydrogen-bond donors (Lipinski definition) is 2. The number of nitrogens with two attached hydrogens (primary N) is 1. The van der Waals surface area contributed by atoms with Crippen molar-refractivity contribution in [2.75, 3.05) is 30.8 Å². The molecule has 6 heterocycles. The van der Waals surface area contributed by atoms with Gasteiger partial charge in [0.05, 0.1) is 34.5 Å². The van der Waals surface area contributed by atoms with Crippen molar-refractivity contribution in [1.82, 2.24) is 20.2 Å². The van der Waals surface area contributed by atoms with Gasteiger partial charge in [-0.2, -0.15) is 15.2 Å². The molecule has 4 atom stereocenters. The number of ether oxygens (including phenoxy) is 1. The molecule has 9 nitrogen and oxygen atoms in total. The molecule has 5 aliphatic rings. The smallest absolute Gasteiger partial charge is 0.318 e. The first kappa shape index (κ1) is 25.9. The lowest BCUT2D eigenvalue weighted by Crippen LogP contribution is -2.71. The van der Waals surface area contributed by atoms with Crippen LogP contribution in [0.4, 0.5) is 19.6 Å². The molecule has 1 amide bonds. The summed E-state index contributed by atoms with van der Waals surface area (Å²) in [5.74, 6) is -0.0325. The molecular weight excluding hydrogens is 584 g/mol. The molecule has 3 N–H and O–H groups in total. The number of nitrogen functional groups attached to an aromatic ring is 1. The second-order valence-electron chi connectivity index (χ2n) is 11.4. The minimum absolute atomic E-state index is 0.0166. The summed E-state index contributed by atoms with van der Waals surface area (Å²) in [6.07, 6.45) is 3.30. The molecule has 2 aromatic heterocycles. The average molecular weight is 608 g/mol. The maximum absolute atomic E-state index is 16.5. The Morgan fingerprint density at radius 1 is 1.26 bits per heavy atom. The summed E-state index contributed by atoms with van der Waals surface area (Å²) in [5.41, 5.74) is 6.28. The predicted octanol–water partition coefficient (Wildman–Crippen LogP) is 4.45. The molecule has 0 spiro atoms. The third-order valence-corrected chi connectivity index (χ3v) is 10.3. The summed E-state index contributed by atoms with van der Waals surface area (Å²) in [6, 6.07) is 6.51. The van der Waals surface area contributed by atoms with E-state index in [9.17, 15) is 14.4 Å². The molecule has 4 unspecified atom stereocenters. The molecule has 4 saturated heterocycles. The first-order valence-corrected chi connectivity index (χ1v) is 15.0. The molecule has 4 aromatic rings. The van der Waals surface area contributed by atoms with Crippen LogP contribution in [0.5, 0.6) is 6.01 Å². The van der Waals surface area contributed by atoms with Gasteiger partial charge >= 0.3 is 6.01 Å². The number of piperidine rings is 1. The second-order valence-corrected chi connectivity index (χ2v) is 12.9. The Balaban J connectivity index is 1.19. The molecule has 1 saturated carbocycles. The number of benzene rings is 2. The molecule has 0 radical (unpaired) electrons. The van der Waals surface area contributed by atoms with Gasteiger partial charge in [0.1, 0.15) is 34.3 Å². The fraction of sp³-hybridized carbons (Fsp3) is 0.379. The van der Waals surface area contributed by atoms with E-state index in [1.807, 2.05) is 15.9 Å². The second kappa shape index (κ2) is 9.10. The lowest BCUT2D eigenvalue weighted by atomic mass is 9.86. The topological polar surface area (TPSA) is 130 Å². The number of nitrogens with zero attached hydrogens (tertiary/aromatic N) is 5. The van der Waals surface area contributed by atoms with E-state index in [0.717, 1.165) is 17.8 Å². The molecule has 1 aliphatic carbocycles. The van der Waals surface area contributed by atoms with Crippen molar-refractivity contribution in [3.63, 3.8) is 0 Å². The molecule has 5 fully saturated rings. The summed E-state index contributed by atoms with van der Waals surface area (Å²) in [5, 5.41) is 13.9. The fourth-order valence-corrected chi connectivity index (χ4v) is 8.03. The molecule has 2 bridgehead atoms. The largest absolute Gasteiger partial charge is 0.467 e. The van der Waals surface area contributed by atoms with Crippen LogP contribution < -0.4 is 20.7 Å². The van der Waals surface area contributed by atoms with E-state index in [1.54, 1.807) is 6.07 Å². The molecule has 42 heavy (non-hydrogen) atoms. The average Bonchev–Trinajstić information content (AvgIpc) is 3.90. The highest BCUT2D eigenvalue weighted by atomic mass is 35.5. The maximum Gasteiger partial charge on any atom is 0.318 e.